The largest absolute Gasteiger partial charge is 0.497 e. The second-order valence-corrected chi connectivity index (χ2v) is 4.20. The first-order valence-electron chi connectivity index (χ1n) is 6.29. The molecule has 3 aromatic rings. The van der Waals surface area contributed by atoms with Crippen molar-refractivity contribution < 1.29 is 13.9 Å². The highest BCUT2D eigenvalue weighted by atomic mass is 16.5. The topological polar surface area (TPSA) is 70.3 Å². The number of pyridine rings is 1. The lowest BCUT2D eigenvalue weighted by Gasteiger charge is -2.02. The highest BCUT2D eigenvalue weighted by molar-refractivity contribution is 5.62. The van der Waals surface area contributed by atoms with E-state index in [2.05, 4.69) is 15.2 Å². The molecule has 1 aromatic carbocycles. The van der Waals surface area contributed by atoms with Crippen molar-refractivity contribution in [2.75, 3.05) is 14.2 Å². The minimum Gasteiger partial charge on any atom is -0.497 e. The molecule has 0 bridgehead atoms. The summed E-state index contributed by atoms with van der Waals surface area (Å²) in [4.78, 5) is 4.11. The lowest BCUT2D eigenvalue weighted by atomic mass is 10.2. The van der Waals surface area contributed by atoms with Gasteiger partial charge in [-0.05, 0) is 30.3 Å². The van der Waals surface area contributed by atoms with Crippen LogP contribution in [0.3, 0.4) is 0 Å². The van der Waals surface area contributed by atoms with Gasteiger partial charge in [0.05, 0.1) is 14.2 Å². The summed E-state index contributed by atoms with van der Waals surface area (Å²) < 4.78 is 16.1. The first kappa shape index (κ1) is 13.1. The smallest absolute Gasteiger partial charge is 0.253 e. The quantitative estimate of drug-likeness (QED) is 0.733. The molecule has 2 aromatic heterocycles. The first-order chi connectivity index (χ1) is 10.3. The van der Waals surface area contributed by atoms with E-state index in [0.717, 1.165) is 11.3 Å². The van der Waals surface area contributed by atoms with Crippen LogP contribution in [0.5, 0.6) is 11.6 Å². The summed E-state index contributed by atoms with van der Waals surface area (Å²) in [7, 11) is 3.16. The normalized spacial score (nSPS) is 10.4. The van der Waals surface area contributed by atoms with E-state index in [0.29, 0.717) is 23.2 Å². The molecule has 0 aliphatic carbocycles. The third-order valence-corrected chi connectivity index (χ3v) is 2.94. The van der Waals surface area contributed by atoms with E-state index in [1.54, 1.807) is 26.5 Å². The minimum absolute atomic E-state index is 0.359. The average Bonchev–Trinajstić information content (AvgIpc) is 3.04. The lowest BCUT2D eigenvalue weighted by molar-refractivity contribution is 0.397. The molecule has 0 aliphatic rings. The van der Waals surface area contributed by atoms with Crippen LogP contribution in [0.25, 0.3) is 22.9 Å². The van der Waals surface area contributed by atoms with Crippen LogP contribution >= 0.6 is 0 Å². The maximum atomic E-state index is 5.70. The Labute approximate surface area is 121 Å². The molecule has 0 aliphatic heterocycles. The van der Waals surface area contributed by atoms with Gasteiger partial charge in [-0.25, -0.2) is 4.98 Å². The fourth-order valence-electron chi connectivity index (χ4n) is 1.92. The summed E-state index contributed by atoms with van der Waals surface area (Å²) in [5, 5.41) is 8.11. The van der Waals surface area contributed by atoms with Crippen LogP contribution in [0.1, 0.15) is 0 Å². The van der Waals surface area contributed by atoms with Crippen LogP contribution < -0.4 is 9.47 Å². The standard InChI is InChI=1S/C15H13N3O3/c1-19-11-6-3-5-10(9-11)13-17-18-15(21-13)12-7-4-8-16-14(12)20-2/h3-9H,1-2H3. The summed E-state index contributed by atoms with van der Waals surface area (Å²) in [5.74, 6) is 1.94. The van der Waals surface area contributed by atoms with Gasteiger partial charge in [0.25, 0.3) is 5.89 Å². The van der Waals surface area contributed by atoms with E-state index in [4.69, 9.17) is 13.9 Å². The van der Waals surface area contributed by atoms with Crippen molar-refractivity contribution in [1.82, 2.24) is 15.2 Å². The van der Waals surface area contributed by atoms with E-state index in [-0.39, 0.29) is 0 Å². The van der Waals surface area contributed by atoms with Gasteiger partial charge in [-0.2, -0.15) is 0 Å². The minimum atomic E-state index is 0.359. The Morgan fingerprint density at radius 3 is 2.62 bits per heavy atom. The zero-order valence-electron chi connectivity index (χ0n) is 11.6. The van der Waals surface area contributed by atoms with Crippen molar-refractivity contribution in [3.63, 3.8) is 0 Å². The third kappa shape index (κ3) is 2.55. The summed E-state index contributed by atoms with van der Waals surface area (Å²) in [6, 6.07) is 11.0. The number of hydrogen-bond donors (Lipinski definition) is 0. The maximum absolute atomic E-state index is 5.70. The van der Waals surface area contributed by atoms with Gasteiger partial charge in [-0.15, -0.1) is 10.2 Å². The van der Waals surface area contributed by atoms with Crippen LogP contribution in [0.2, 0.25) is 0 Å². The van der Waals surface area contributed by atoms with E-state index in [1.165, 1.54) is 0 Å². The van der Waals surface area contributed by atoms with Crippen molar-refractivity contribution >= 4 is 0 Å². The van der Waals surface area contributed by atoms with E-state index < -0.39 is 0 Å². The highest BCUT2D eigenvalue weighted by Crippen LogP contribution is 2.29. The van der Waals surface area contributed by atoms with Gasteiger partial charge < -0.3 is 13.9 Å². The molecule has 0 spiro atoms. The second kappa shape index (κ2) is 5.62. The van der Waals surface area contributed by atoms with Crippen molar-refractivity contribution in [2.45, 2.75) is 0 Å². The molecular formula is C15H13N3O3. The molecule has 21 heavy (non-hydrogen) atoms. The Morgan fingerprint density at radius 2 is 1.81 bits per heavy atom. The first-order valence-corrected chi connectivity index (χ1v) is 6.29. The Balaban J connectivity index is 1.99. The third-order valence-electron chi connectivity index (χ3n) is 2.94. The Kier molecular flexibility index (Phi) is 3.51. The van der Waals surface area contributed by atoms with E-state index >= 15 is 0 Å². The Hall–Kier alpha value is -2.89. The van der Waals surface area contributed by atoms with Crippen molar-refractivity contribution in [2.24, 2.45) is 0 Å². The van der Waals surface area contributed by atoms with Gasteiger partial charge in [-0.1, -0.05) is 6.07 Å². The number of rotatable bonds is 4. The summed E-state index contributed by atoms with van der Waals surface area (Å²) >= 11 is 0. The molecule has 0 amide bonds. The van der Waals surface area contributed by atoms with Gasteiger partial charge in [0.1, 0.15) is 11.3 Å². The molecule has 106 valence electrons. The molecule has 0 saturated heterocycles. The van der Waals surface area contributed by atoms with Crippen LogP contribution in [0.15, 0.2) is 47.0 Å². The molecule has 6 heteroatoms. The van der Waals surface area contributed by atoms with Crippen LogP contribution in [-0.4, -0.2) is 29.4 Å². The zero-order chi connectivity index (χ0) is 14.7. The summed E-state index contributed by atoms with van der Waals surface area (Å²) in [5.41, 5.74) is 1.44. The van der Waals surface area contributed by atoms with Gasteiger partial charge in [0.2, 0.25) is 11.8 Å². The molecule has 3 rings (SSSR count). The number of aromatic nitrogens is 3. The number of methoxy groups -OCH3 is 2. The SMILES string of the molecule is COc1cccc(-c2nnc(-c3cccnc3OC)o2)c1. The number of nitrogens with zero attached hydrogens (tertiary/aromatic N) is 3. The number of hydrogen-bond acceptors (Lipinski definition) is 6. The molecule has 0 saturated carbocycles. The fraction of sp³-hybridized carbons (Fsp3) is 0.133. The molecule has 0 unspecified atom stereocenters. The maximum Gasteiger partial charge on any atom is 0.253 e. The van der Waals surface area contributed by atoms with Crippen molar-refractivity contribution in [3.05, 3.63) is 42.6 Å². The van der Waals surface area contributed by atoms with Gasteiger partial charge >= 0.3 is 0 Å². The predicted molar refractivity (Wildman–Crippen MR) is 76.1 cm³/mol. The Morgan fingerprint density at radius 1 is 0.952 bits per heavy atom. The Bertz CT molecular complexity index is 755. The highest BCUT2D eigenvalue weighted by Gasteiger charge is 2.15. The molecule has 6 nitrogen and oxygen atoms in total. The van der Waals surface area contributed by atoms with Crippen LogP contribution in [-0.2, 0) is 0 Å². The van der Waals surface area contributed by atoms with Gasteiger partial charge in [0, 0.05) is 11.8 Å². The fourth-order valence-corrected chi connectivity index (χ4v) is 1.92. The monoisotopic (exact) mass is 283 g/mol. The van der Waals surface area contributed by atoms with Crippen LogP contribution in [0.4, 0.5) is 0 Å². The predicted octanol–water partition coefficient (Wildman–Crippen LogP) is 2.82. The summed E-state index contributed by atoms with van der Waals surface area (Å²) in [6.45, 7) is 0. The lowest BCUT2D eigenvalue weighted by Crippen LogP contribution is -1.90. The van der Waals surface area contributed by atoms with E-state index in [9.17, 15) is 0 Å². The van der Waals surface area contributed by atoms with Gasteiger partial charge in [0.15, 0.2) is 0 Å². The summed E-state index contributed by atoms with van der Waals surface area (Å²) in [6.07, 6.45) is 1.64. The van der Waals surface area contributed by atoms with Crippen molar-refractivity contribution in [1.29, 1.82) is 0 Å². The van der Waals surface area contributed by atoms with Crippen molar-refractivity contribution in [3.8, 4) is 34.5 Å². The van der Waals surface area contributed by atoms with E-state index in [1.807, 2.05) is 30.3 Å². The number of ether oxygens (including phenoxy) is 2. The van der Waals surface area contributed by atoms with Crippen LogP contribution in [0, 0.1) is 0 Å². The molecular weight excluding hydrogens is 270 g/mol. The molecule has 0 N–H and O–H groups in total. The second-order valence-electron chi connectivity index (χ2n) is 4.20. The molecule has 0 radical (unpaired) electrons. The van der Waals surface area contributed by atoms with Gasteiger partial charge in [-0.3, -0.25) is 0 Å². The zero-order valence-corrected chi connectivity index (χ0v) is 11.6. The molecule has 0 fully saturated rings. The molecule has 2 heterocycles. The average molecular weight is 283 g/mol. The number of benzene rings is 1. The molecule has 0 atom stereocenters.